The molecule has 0 aliphatic heterocycles. The largest absolute Gasteiger partial charge is 0.461 e. The molecule has 0 bridgehead atoms. The van der Waals surface area contributed by atoms with E-state index in [2.05, 4.69) is 20.4 Å². The third kappa shape index (κ3) is 2.95. The molecule has 2 aromatic carbocycles. The standard InChI is InChI=1S/C21H14N4O3/c26-21(17-12-19(28-25-17)18-9-4-10-27-18)22-14-6-3-5-13(11-14)20-23-15-7-1-2-8-16(15)24-20/h1-12H,(H,22,26)(H,23,24). The molecule has 0 saturated heterocycles. The molecule has 3 heterocycles. The summed E-state index contributed by atoms with van der Waals surface area (Å²) in [7, 11) is 0. The van der Waals surface area contributed by atoms with Crippen molar-refractivity contribution in [3.8, 4) is 22.9 Å². The maximum atomic E-state index is 12.5. The Balaban J connectivity index is 1.38. The van der Waals surface area contributed by atoms with Gasteiger partial charge in [-0.25, -0.2) is 4.98 Å². The van der Waals surface area contributed by atoms with E-state index in [9.17, 15) is 4.79 Å². The number of para-hydroxylation sites is 2. The number of aromatic nitrogens is 3. The van der Waals surface area contributed by atoms with Crippen LogP contribution in [0.25, 0.3) is 33.9 Å². The molecule has 7 heteroatoms. The molecule has 0 atom stereocenters. The van der Waals surface area contributed by atoms with Gasteiger partial charge in [0.25, 0.3) is 5.91 Å². The average Bonchev–Trinajstić information content (AvgIpc) is 3.47. The number of imidazole rings is 1. The van der Waals surface area contributed by atoms with Gasteiger partial charge in [-0.3, -0.25) is 4.79 Å². The molecular formula is C21H14N4O3. The van der Waals surface area contributed by atoms with Crippen molar-refractivity contribution in [2.45, 2.75) is 0 Å². The summed E-state index contributed by atoms with van der Waals surface area (Å²) < 4.78 is 10.4. The predicted octanol–water partition coefficient (Wildman–Crippen LogP) is 4.73. The van der Waals surface area contributed by atoms with Crippen molar-refractivity contribution in [3.05, 3.63) is 78.7 Å². The highest BCUT2D eigenvalue weighted by Gasteiger charge is 2.16. The first-order valence-corrected chi connectivity index (χ1v) is 8.63. The van der Waals surface area contributed by atoms with Crippen molar-refractivity contribution in [2.75, 3.05) is 5.32 Å². The molecule has 0 spiro atoms. The van der Waals surface area contributed by atoms with E-state index >= 15 is 0 Å². The number of anilines is 1. The quantitative estimate of drug-likeness (QED) is 0.477. The lowest BCUT2D eigenvalue weighted by Gasteiger charge is -2.04. The zero-order valence-corrected chi connectivity index (χ0v) is 14.5. The monoisotopic (exact) mass is 370 g/mol. The number of fused-ring (bicyclic) bond motifs is 1. The number of carbonyl (C=O) groups excluding carboxylic acids is 1. The lowest BCUT2D eigenvalue weighted by atomic mass is 10.2. The minimum absolute atomic E-state index is 0.167. The van der Waals surface area contributed by atoms with E-state index in [0.29, 0.717) is 17.2 Å². The van der Waals surface area contributed by atoms with E-state index in [1.807, 2.05) is 42.5 Å². The number of aromatic amines is 1. The fourth-order valence-electron chi connectivity index (χ4n) is 2.95. The van der Waals surface area contributed by atoms with E-state index in [4.69, 9.17) is 8.94 Å². The van der Waals surface area contributed by atoms with Gasteiger partial charge in [-0.15, -0.1) is 0 Å². The number of rotatable bonds is 4. The summed E-state index contributed by atoms with van der Waals surface area (Å²) >= 11 is 0. The summed E-state index contributed by atoms with van der Waals surface area (Å²) in [5, 5.41) is 6.64. The molecule has 5 rings (SSSR count). The number of furan rings is 1. The molecular weight excluding hydrogens is 356 g/mol. The second-order valence-corrected chi connectivity index (χ2v) is 6.19. The molecule has 0 fully saturated rings. The Labute approximate surface area is 159 Å². The van der Waals surface area contributed by atoms with E-state index in [0.717, 1.165) is 22.4 Å². The van der Waals surface area contributed by atoms with E-state index in [-0.39, 0.29) is 11.6 Å². The van der Waals surface area contributed by atoms with Gasteiger partial charge in [0.1, 0.15) is 5.82 Å². The second-order valence-electron chi connectivity index (χ2n) is 6.19. The fourth-order valence-corrected chi connectivity index (χ4v) is 2.95. The van der Waals surface area contributed by atoms with Crippen molar-refractivity contribution < 1.29 is 13.7 Å². The van der Waals surface area contributed by atoms with Gasteiger partial charge in [0, 0.05) is 17.3 Å². The summed E-state index contributed by atoms with van der Waals surface area (Å²) in [4.78, 5) is 20.4. The number of hydrogen-bond acceptors (Lipinski definition) is 5. The summed E-state index contributed by atoms with van der Waals surface area (Å²) in [5.41, 5.74) is 3.51. The Hall–Kier alpha value is -4.13. The smallest absolute Gasteiger partial charge is 0.277 e. The SMILES string of the molecule is O=C(Nc1cccc(-c2nc3ccccc3[nH]2)c1)c1cc(-c2ccco2)on1. The van der Waals surface area contributed by atoms with Crippen LogP contribution in [0.2, 0.25) is 0 Å². The maximum Gasteiger partial charge on any atom is 0.277 e. The number of carbonyl (C=O) groups is 1. The highest BCUT2D eigenvalue weighted by molar-refractivity contribution is 6.03. The molecule has 7 nitrogen and oxygen atoms in total. The van der Waals surface area contributed by atoms with E-state index < -0.39 is 0 Å². The van der Waals surface area contributed by atoms with Crippen LogP contribution >= 0.6 is 0 Å². The van der Waals surface area contributed by atoms with Crippen LogP contribution in [0.5, 0.6) is 0 Å². The Bertz CT molecular complexity index is 1230. The Kier molecular flexibility index (Phi) is 3.76. The average molecular weight is 370 g/mol. The summed E-state index contributed by atoms with van der Waals surface area (Å²) in [5.74, 6) is 1.27. The minimum atomic E-state index is -0.372. The predicted molar refractivity (Wildman–Crippen MR) is 104 cm³/mol. The Morgan fingerprint density at radius 3 is 2.75 bits per heavy atom. The number of nitrogens with zero attached hydrogens (tertiary/aromatic N) is 2. The van der Waals surface area contributed by atoms with Crippen LogP contribution in [0.15, 0.2) is 81.9 Å². The second kappa shape index (κ2) is 6.55. The molecule has 0 saturated carbocycles. The normalized spacial score (nSPS) is 11.0. The highest BCUT2D eigenvalue weighted by Crippen LogP contribution is 2.24. The molecule has 0 aliphatic rings. The zero-order chi connectivity index (χ0) is 18.9. The third-order valence-electron chi connectivity index (χ3n) is 4.29. The van der Waals surface area contributed by atoms with Gasteiger partial charge < -0.3 is 19.2 Å². The Morgan fingerprint density at radius 2 is 1.89 bits per heavy atom. The van der Waals surface area contributed by atoms with Crippen molar-refractivity contribution in [1.82, 2.24) is 15.1 Å². The fraction of sp³-hybridized carbons (Fsp3) is 0. The van der Waals surface area contributed by atoms with E-state index in [1.54, 1.807) is 18.2 Å². The first-order valence-electron chi connectivity index (χ1n) is 8.63. The third-order valence-corrected chi connectivity index (χ3v) is 4.29. The topological polar surface area (TPSA) is 97.0 Å². The van der Waals surface area contributed by atoms with Gasteiger partial charge in [-0.2, -0.15) is 0 Å². The van der Waals surface area contributed by atoms with E-state index in [1.165, 1.54) is 12.3 Å². The van der Waals surface area contributed by atoms with Crippen LogP contribution < -0.4 is 5.32 Å². The van der Waals surface area contributed by atoms with Gasteiger partial charge in [0.15, 0.2) is 11.5 Å². The summed E-state index contributed by atoms with van der Waals surface area (Å²) in [6.45, 7) is 0. The maximum absolute atomic E-state index is 12.5. The molecule has 1 amide bonds. The van der Waals surface area contributed by atoms with Gasteiger partial charge in [0.2, 0.25) is 5.76 Å². The number of nitrogens with one attached hydrogen (secondary N) is 2. The van der Waals surface area contributed by atoms with Crippen LogP contribution in [0.1, 0.15) is 10.5 Å². The van der Waals surface area contributed by atoms with Gasteiger partial charge in [-0.05, 0) is 36.4 Å². The van der Waals surface area contributed by atoms with Crippen molar-refractivity contribution >= 4 is 22.6 Å². The number of benzene rings is 2. The molecule has 0 unspecified atom stereocenters. The van der Waals surface area contributed by atoms with Crippen LogP contribution in [-0.2, 0) is 0 Å². The first-order chi connectivity index (χ1) is 13.8. The minimum Gasteiger partial charge on any atom is -0.461 e. The van der Waals surface area contributed by atoms with Crippen LogP contribution in [-0.4, -0.2) is 21.0 Å². The van der Waals surface area contributed by atoms with Gasteiger partial charge in [-0.1, -0.05) is 29.4 Å². The first kappa shape index (κ1) is 16.1. The number of amides is 1. The Morgan fingerprint density at radius 1 is 0.964 bits per heavy atom. The molecule has 3 aromatic heterocycles. The summed E-state index contributed by atoms with van der Waals surface area (Å²) in [6.07, 6.45) is 1.53. The van der Waals surface area contributed by atoms with Gasteiger partial charge >= 0.3 is 0 Å². The van der Waals surface area contributed by atoms with Crippen LogP contribution in [0.4, 0.5) is 5.69 Å². The molecule has 136 valence electrons. The lowest BCUT2D eigenvalue weighted by Crippen LogP contribution is -2.12. The van der Waals surface area contributed by atoms with Crippen LogP contribution in [0.3, 0.4) is 0 Å². The molecule has 28 heavy (non-hydrogen) atoms. The van der Waals surface area contributed by atoms with Crippen molar-refractivity contribution in [2.24, 2.45) is 0 Å². The van der Waals surface area contributed by atoms with Crippen molar-refractivity contribution in [1.29, 1.82) is 0 Å². The van der Waals surface area contributed by atoms with Crippen molar-refractivity contribution in [3.63, 3.8) is 0 Å². The van der Waals surface area contributed by atoms with Gasteiger partial charge in [0.05, 0.1) is 17.3 Å². The molecule has 0 radical (unpaired) electrons. The van der Waals surface area contributed by atoms with Crippen LogP contribution in [0, 0.1) is 0 Å². The summed E-state index contributed by atoms with van der Waals surface area (Å²) in [6, 6.07) is 20.3. The lowest BCUT2D eigenvalue weighted by molar-refractivity contribution is 0.101. The molecule has 5 aromatic rings. The highest BCUT2D eigenvalue weighted by atomic mass is 16.5. The molecule has 0 aliphatic carbocycles. The number of H-pyrrole nitrogens is 1. The number of hydrogen-bond donors (Lipinski definition) is 2. The molecule has 2 N–H and O–H groups in total. The zero-order valence-electron chi connectivity index (χ0n) is 14.5.